The van der Waals surface area contributed by atoms with Crippen molar-refractivity contribution in [3.8, 4) is 5.75 Å². The minimum Gasteiger partial charge on any atom is -0.497 e. The van der Waals surface area contributed by atoms with E-state index in [2.05, 4.69) is 48.2 Å². The summed E-state index contributed by atoms with van der Waals surface area (Å²) in [5.41, 5.74) is 3.65. The van der Waals surface area contributed by atoms with Crippen LogP contribution in [-0.4, -0.2) is 55.5 Å². The molecule has 0 aromatic heterocycles. The largest absolute Gasteiger partial charge is 0.497 e. The Kier molecular flexibility index (Phi) is 6.29. The van der Waals surface area contributed by atoms with E-state index >= 15 is 0 Å². The molecule has 0 radical (unpaired) electrons. The van der Waals surface area contributed by atoms with Crippen LogP contribution in [0.2, 0.25) is 0 Å². The summed E-state index contributed by atoms with van der Waals surface area (Å²) < 4.78 is 5.20. The molecule has 0 atom stereocenters. The standard InChI is InChI=1S/C22H28N2O2/c1-18-3-5-20(6-4-18)17-22(25)24-15-13-23(14-16-24)12-11-19-7-9-21(26-2)10-8-19/h3-10H,11-17H2,1-2H3. The fourth-order valence-electron chi connectivity index (χ4n) is 3.29. The van der Waals surface area contributed by atoms with E-state index in [1.807, 2.05) is 17.0 Å². The molecule has 2 aromatic rings. The summed E-state index contributed by atoms with van der Waals surface area (Å²) in [4.78, 5) is 16.9. The lowest BCUT2D eigenvalue weighted by atomic mass is 10.1. The first kappa shape index (κ1) is 18.5. The molecule has 0 aliphatic carbocycles. The maximum Gasteiger partial charge on any atom is 0.227 e. The Labute approximate surface area is 156 Å². The zero-order valence-corrected chi connectivity index (χ0v) is 15.8. The molecule has 1 saturated heterocycles. The number of carbonyl (C=O) groups is 1. The zero-order valence-electron chi connectivity index (χ0n) is 15.8. The van der Waals surface area contributed by atoms with Crippen LogP contribution in [0.1, 0.15) is 16.7 Å². The van der Waals surface area contributed by atoms with Crippen LogP contribution < -0.4 is 4.74 Å². The van der Waals surface area contributed by atoms with E-state index in [4.69, 9.17) is 4.74 Å². The van der Waals surface area contributed by atoms with Gasteiger partial charge in [0, 0.05) is 32.7 Å². The minimum absolute atomic E-state index is 0.239. The fourth-order valence-corrected chi connectivity index (χ4v) is 3.29. The van der Waals surface area contributed by atoms with Gasteiger partial charge in [-0.3, -0.25) is 9.69 Å². The summed E-state index contributed by atoms with van der Waals surface area (Å²) in [6.45, 7) is 6.66. The lowest BCUT2D eigenvalue weighted by Crippen LogP contribution is -2.49. The maximum atomic E-state index is 12.5. The van der Waals surface area contributed by atoms with Crippen molar-refractivity contribution in [3.63, 3.8) is 0 Å². The molecule has 2 aromatic carbocycles. The van der Waals surface area contributed by atoms with Crippen molar-refractivity contribution in [2.75, 3.05) is 39.8 Å². The average Bonchev–Trinajstić information content (AvgIpc) is 2.69. The molecule has 0 unspecified atom stereocenters. The second kappa shape index (κ2) is 8.86. The summed E-state index contributed by atoms with van der Waals surface area (Å²) in [6.07, 6.45) is 1.54. The molecule has 3 rings (SSSR count). The van der Waals surface area contributed by atoms with Crippen molar-refractivity contribution in [3.05, 3.63) is 65.2 Å². The van der Waals surface area contributed by atoms with Crippen LogP contribution in [0.25, 0.3) is 0 Å². The summed E-state index contributed by atoms with van der Waals surface area (Å²) in [5, 5.41) is 0. The van der Waals surface area contributed by atoms with Gasteiger partial charge in [-0.05, 0) is 36.6 Å². The van der Waals surface area contributed by atoms with Crippen molar-refractivity contribution in [2.24, 2.45) is 0 Å². The zero-order chi connectivity index (χ0) is 18.4. The topological polar surface area (TPSA) is 32.8 Å². The second-order valence-corrected chi connectivity index (χ2v) is 6.98. The number of amides is 1. The number of ether oxygens (including phenoxy) is 1. The molecule has 0 N–H and O–H groups in total. The average molecular weight is 352 g/mol. The van der Waals surface area contributed by atoms with Crippen LogP contribution in [0.3, 0.4) is 0 Å². The van der Waals surface area contributed by atoms with Gasteiger partial charge in [0.15, 0.2) is 0 Å². The van der Waals surface area contributed by atoms with E-state index in [0.717, 1.165) is 50.5 Å². The number of piperazine rings is 1. The van der Waals surface area contributed by atoms with Gasteiger partial charge in [0.05, 0.1) is 13.5 Å². The molecule has 1 amide bonds. The number of aryl methyl sites for hydroxylation is 1. The highest BCUT2D eigenvalue weighted by atomic mass is 16.5. The lowest BCUT2D eigenvalue weighted by molar-refractivity contribution is -0.132. The number of benzene rings is 2. The molecular formula is C22H28N2O2. The van der Waals surface area contributed by atoms with Crippen LogP contribution in [0.15, 0.2) is 48.5 Å². The highest BCUT2D eigenvalue weighted by molar-refractivity contribution is 5.78. The van der Waals surface area contributed by atoms with Crippen LogP contribution in [0.5, 0.6) is 5.75 Å². The molecule has 4 nitrogen and oxygen atoms in total. The quantitative estimate of drug-likeness (QED) is 0.801. The number of nitrogens with zero attached hydrogens (tertiary/aromatic N) is 2. The Morgan fingerprint density at radius 2 is 1.54 bits per heavy atom. The first-order valence-electron chi connectivity index (χ1n) is 9.32. The van der Waals surface area contributed by atoms with Gasteiger partial charge in [-0.1, -0.05) is 42.0 Å². The van der Waals surface area contributed by atoms with Gasteiger partial charge in [-0.15, -0.1) is 0 Å². The van der Waals surface area contributed by atoms with Crippen LogP contribution >= 0.6 is 0 Å². The van der Waals surface area contributed by atoms with Crippen LogP contribution in [0.4, 0.5) is 0 Å². The van der Waals surface area contributed by atoms with Crippen LogP contribution in [0, 0.1) is 6.92 Å². The molecule has 1 aliphatic rings. The SMILES string of the molecule is COc1ccc(CCN2CCN(C(=O)Cc3ccc(C)cc3)CC2)cc1. The van der Waals surface area contributed by atoms with Gasteiger partial charge in [0.2, 0.25) is 5.91 Å². The van der Waals surface area contributed by atoms with E-state index < -0.39 is 0 Å². The Bertz CT molecular complexity index is 702. The first-order valence-corrected chi connectivity index (χ1v) is 9.32. The van der Waals surface area contributed by atoms with Gasteiger partial charge in [-0.2, -0.15) is 0 Å². The fraction of sp³-hybridized carbons (Fsp3) is 0.409. The molecule has 26 heavy (non-hydrogen) atoms. The van der Waals surface area contributed by atoms with Gasteiger partial charge in [0.25, 0.3) is 0 Å². The van der Waals surface area contributed by atoms with E-state index in [-0.39, 0.29) is 5.91 Å². The summed E-state index contributed by atoms with van der Waals surface area (Å²) in [5.74, 6) is 1.14. The smallest absolute Gasteiger partial charge is 0.227 e. The molecule has 138 valence electrons. The molecule has 4 heteroatoms. The van der Waals surface area contributed by atoms with Crippen molar-refractivity contribution in [1.29, 1.82) is 0 Å². The van der Waals surface area contributed by atoms with Crippen molar-refractivity contribution in [1.82, 2.24) is 9.80 Å². The number of methoxy groups -OCH3 is 1. The lowest BCUT2D eigenvalue weighted by Gasteiger charge is -2.34. The van der Waals surface area contributed by atoms with Crippen LogP contribution in [-0.2, 0) is 17.6 Å². The van der Waals surface area contributed by atoms with Gasteiger partial charge >= 0.3 is 0 Å². The van der Waals surface area contributed by atoms with E-state index in [1.54, 1.807) is 7.11 Å². The Morgan fingerprint density at radius 1 is 0.923 bits per heavy atom. The molecule has 1 aliphatic heterocycles. The number of hydrogen-bond acceptors (Lipinski definition) is 3. The number of carbonyl (C=O) groups excluding carboxylic acids is 1. The third kappa shape index (κ3) is 5.09. The third-order valence-corrected chi connectivity index (χ3v) is 5.08. The van der Waals surface area contributed by atoms with Crippen molar-refractivity contribution < 1.29 is 9.53 Å². The molecule has 1 fully saturated rings. The Balaban J connectivity index is 1.41. The molecular weight excluding hydrogens is 324 g/mol. The Morgan fingerprint density at radius 3 is 2.15 bits per heavy atom. The van der Waals surface area contributed by atoms with E-state index in [0.29, 0.717) is 6.42 Å². The normalized spacial score (nSPS) is 15.1. The Hall–Kier alpha value is -2.33. The van der Waals surface area contributed by atoms with Crippen molar-refractivity contribution >= 4 is 5.91 Å². The third-order valence-electron chi connectivity index (χ3n) is 5.08. The number of rotatable bonds is 6. The molecule has 1 heterocycles. The predicted octanol–water partition coefficient (Wildman–Crippen LogP) is 2.93. The summed E-state index contributed by atoms with van der Waals surface area (Å²) >= 11 is 0. The van der Waals surface area contributed by atoms with Gasteiger partial charge in [-0.25, -0.2) is 0 Å². The van der Waals surface area contributed by atoms with Crippen molar-refractivity contribution in [2.45, 2.75) is 19.8 Å². The monoisotopic (exact) mass is 352 g/mol. The maximum absolute atomic E-state index is 12.5. The second-order valence-electron chi connectivity index (χ2n) is 6.98. The van der Waals surface area contributed by atoms with E-state index in [9.17, 15) is 4.79 Å². The first-order chi connectivity index (χ1) is 12.6. The summed E-state index contributed by atoms with van der Waals surface area (Å²) in [6, 6.07) is 16.5. The summed E-state index contributed by atoms with van der Waals surface area (Å²) in [7, 11) is 1.69. The van der Waals surface area contributed by atoms with Gasteiger partial charge < -0.3 is 9.64 Å². The predicted molar refractivity (Wildman–Crippen MR) is 105 cm³/mol. The molecule has 0 bridgehead atoms. The van der Waals surface area contributed by atoms with E-state index in [1.165, 1.54) is 11.1 Å². The highest BCUT2D eigenvalue weighted by Gasteiger charge is 2.20. The molecule has 0 spiro atoms. The molecule has 0 saturated carbocycles. The number of hydrogen-bond donors (Lipinski definition) is 0. The minimum atomic E-state index is 0.239. The highest BCUT2D eigenvalue weighted by Crippen LogP contribution is 2.13. The van der Waals surface area contributed by atoms with Gasteiger partial charge in [0.1, 0.15) is 5.75 Å².